The number of anilines is 1. The second-order valence-electron chi connectivity index (χ2n) is 3.03. The molecule has 0 aromatic carbocycles. The van der Waals surface area contributed by atoms with Crippen LogP contribution < -0.4 is 5.73 Å². The molecule has 0 saturated carbocycles. The van der Waals surface area contributed by atoms with Gasteiger partial charge in [-0.2, -0.15) is 0 Å². The standard InChI is InChI=1S/C10H11N5/c1-2-7-6-8(11)15-10(14-7)9-12-4-3-5-13-9/h3-6H,2H2,1H3,(H2,11,14,15). The molecular formula is C10H11N5. The van der Waals surface area contributed by atoms with Gasteiger partial charge in [0.2, 0.25) is 0 Å². The molecule has 2 N–H and O–H groups in total. The van der Waals surface area contributed by atoms with Gasteiger partial charge in [-0.05, 0) is 12.5 Å². The van der Waals surface area contributed by atoms with Gasteiger partial charge in [0, 0.05) is 24.2 Å². The van der Waals surface area contributed by atoms with Crippen molar-refractivity contribution in [2.45, 2.75) is 13.3 Å². The van der Waals surface area contributed by atoms with Crippen molar-refractivity contribution in [3.8, 4) is 11.6 Å². The average molecular weight is 201 g/mol. The largest absolute Gasteiger partial charge is 0.384 e. The third-order valence-corrected chi connectivity index (χ3v) is 1.93. The van der Waals surface area contributed by atoms with Crippen molar-refractivity contribution in [2.24, 2.45) is 0 Å². The first-order valence-electron chi connectivity index (χ1n) is 4.70. The molecule has 2 aromatic rings. The van der Waals surface area contributed by atoms with Gasteiger partial charge in [0.05, 0.1) is 0 Å². The Morgan fingerprint density at radius 3 is 2.53 bits per heavy atom. The number of aromatic nitrogens is 4. The Balaban J connectivity index is 2.49. The highest BCUT2D eigenvalue weighted by atomic mass is 15.0. The molecule has 0 aliphatic rings. The Morgan fingerprint density at radius 2 is 1.87 bits per heavy atom. The van der Waals surface area contributed by atoms with Crippen LogP contribution in [-0.4, -0.2) is 19.9 Å². The molecule has 2 rings (SSSR count). The fraction of sp³-hybridized carbons (Fsp3) is 0.200. The van der Waals surface area contributed by atoms with Crippen LogP contribution in [0.5, 0.6) is 0 Å². The van der Waals surface area contributed by atoms with E-state index in [0.717, 1.165) is 12.1 Å². The first-order valence-corrected chi connectivity index (χ1v) is 4.70. The Hall–Kier alpha value is -2.04. The smallest absolute Gasteiger partial charge is 0.199 e. The molecule has 0 bridgehead atoms. The lowest BCUT2D eigenvalue weighted by atomic mass is 10.3. The topological polar surface area (TPSA) is 77.6 Å². The molecule has 0 aliphatic heterocycles. The van der Waals surface area contributed by atoms with Gasteiger partial charge in [-0.25, -0.2) is 19.9 Å². The predicted molar refractivity (Wildman–Crippen MR) is 56.8 cm³/mol. The minimum absolute atomic E-state index is 0.448. The quantitative estimate of drug-likeness (QED) is 0.786. The fourth-order valence-electron chi connectivity index (χ4n) is 1.21. The van der Waals surface area contributed by atoms with E-state index in [4.69, 9.17) is 5.73 Å². The summed E-state index contributed by atoms with van der Waals surface area (Å²) in [5.74, 6) is 1.43. The molecule has 15 heavy (non-hydrogen) atoms. The summed E-state index contributed by atoms with van der Waals surface area (Å²) >= 11 is 0. The number of rotatable bonds is 2. The van der Waals surface area contributed by atoms with Gasteiger partial charge in [-0.1, -0.05) is 6.92 Å². The van der Waals surface area contributed by atoms with Crippen LogP contribution in [-0.2, 0) is 6.42 Å². The maximum atomic E-state index is 5.67. The second kappa shape index (κ2) is 4.00. The normalized spacial score (nSPS) is 10.2. The lowest BCUT2D eigenvalue weighted by Gasteiger charge is -2.02. The monoisotopic (exact) mass is 201 g/mol. The number of nitrogens with two attached hydrogens (primary N) is 1. The van der Waals surface area contributed by atoms with Crippen molar-refractivity contribution < 1.29 is 0 Å². The van der Waals surface area contributed by atoms with Crippen LogP contribution in [0.2, 0.25) is 0 Å². The molecule has 5 nitrogen and oxygen atoms in total. The summed E-state index contributed by atoms with van der Waals surface area (Å²) in [6, 6.07) is 3.50. The van der Waals surface area contributed by atoms with Gasteiger partial charge in [-0.3, -0.25) is 0 Å². The van der Waals surface area contributed by atoms with Crippen LogP contribution in [0, 0.1) is 0 Å². The number of hydrogen-bond donors (Lipinski definition) is 1. The highest BCUT2D eigenvalue weighted by Crippen LogP contribution is 2.11. The van der Waals surface area contributed by atoms with E-state index in [-0.39, 0.29) is 0 Å². The van der Waals surface area contributed by atoms with Crippen LogP contribution >= 0.6 is 0 Å². The van der Waals surface area contributed by atoms with Gasteiger partial charge in [0.15, 0.2) is 11.6 Å². The first kappa shape index (κ1) is 9.51. The van der Waals surface area contributed by atoms with Crippen LogP contribution in [0.4, 0.5) is 5.82 Å². The molecular weight excluding hydrogens is 190 g/mol. The van der Waals surface area contributed by atoms with Crippen molar-refractivity contribution in [3.05, 3.63) is 30.2 Å². The zero-order valence-corrected chi connectivity index (χ0v) is 8.38. The van der Waals surface area contributed by atoms with Gasteiger partial charge in [0.1, 0.15) is 5.82 Å². The van der Waals surface area contributed by atoms with Crippen molar-refractivity contribution in [3.63, 3.8) is 0 Å². The van der Waals surface area contributed by atoms with E-state index in [1.165, 1.54) is 0 Å². The lowest BCUT2D eigenvalue weighted by Crippen LogP contribution is -2.01. The first-order chi connectivity index (χ1) is 7.29. The molecule has 76 valence electrons. The highest BCUT2D eigenvalue weighted by molar-refractivity contribution is 5.47. The van der Waals surface area contributed by atoms with E-state index in [9.17, 15) is 0 Å². The molecule has 2 heterocycles. The zero-order valence-electron chi connectivity index (χ0n) is 8.38. The molecule has 2 aromatic heterocycles. The summed E-state index contributed by atoms with van der Waals surface area (Å²) in [7, 11) is 0. The summed E-state index contributed by atoms with van der Waals surface area (Å²) in [6.45, 7) is 2.01. The van der Waals surface area contributed by atoms with Gasteiger partial charge in [0.25, 0.3) is 0 Å². The number of hydrogen-bond acceptors (Lipinski definition) is 5. The number of nitrogen functional groups attached to an aromatic ring is 1. The lowest BCUT2D eigenvalue weighted by molar-refractivity contribution is 0.988. The molecule has 5 heteroatoms. The number of aryl methyl sites for hydroxylation is 1. The van der Waals surface area contributed by atoms with Crippen LogP contribution in [0.25, 0.3) is 11.6 Å². The van der Waals surface area contributed by atoms with Crippen LogP contribution in [0.1, 0.15) is 12.6 Å². The summed E-state index contributed by atoms with van der Waals surface area (Å²) in [4.78, 5) is 16.5. The van der Waals surface area contributed by atoms with E-state index in [1.807, 2.05) is 6.92 Å². The summed E-state index contributed by atoms with van der Waals surface area (Å²) in [6.07, 6.45) is 4.12. The van der Waals surface area contributed by atoms with Crippen molar-refractivity contribution in [1.82, 2.24) is 19.9 Å². The third-order valence-electron chi connectivity index (χ3n) is 1.93. The van der Waals surface area contributed by atoms with Crippen molar-refractivity contribution in [2.75, 3.05) is 5.73 Å². The molecule has 0 radical (unpaired) electrons. The van der Waals surface area contributed by atoms with E-state index >= 15 is 0 Å². The minimum Gasteiger partial charge on any atom is -0.384 e. The van der Waals surface area contributed by atoms with Crippen LogP contribution in [0.3, 0.4) is 0 Å². The maximum Gasteiger partial charge on any atom is 0.199 e. The van der Waals surface area contributed by atoms with E-state index in [0.29, 0.717) is 17.5 Å². The van der Waals surface area contributed by atoms with Crippen LogP contribution in [0.15, 0.2) is 24.5 Å². The minimum atomic E-state index is 0.448. The van der Waals surface area contributed by atoms with Crippen molar-refractivity contribution >= 4 is 5.82 Å². The maximum absolute atomic E-state index is 5.67. The van der Waals surface area contributed by atoms with Gasteiger partial charge in [-0.15, -0.1) is 0 Å². The highest BCUT2D eigenvalue weighted by Gasteiger charge is 2.06. The van der Waals surface area contributed by atoms with E-state index in [2.05, 4.69) is 19.9 Å². The Bertz CT molecular complexity index is 455. The second-order valence-corrected chi connectivity index (χ2v) is 3.03. The molecule has 0 saturated heterocycles. The molecule has 0 unspecified atom stereocenters. The molecule has 0 amide bonds. The molecule has 0 atom stereocenters. The molecule has 0 aliphatic carbocycles. The molecule has 0 fully saturated rings. The van der Waals surface area contributed by atoms with Gasteiger partial charge >= 0.3 is 0 Å². The Kier molecular flexibility index (Phi) is 2.53. The SMILES string of the molecule is CCc1cc(N)nc(-c2ncccn2)n1. The average Bonchev–Trinajstić information content (AvgIpc) is 2.29. The summed E-state index contributed by atoms with van der Waals surface area (Å²) in [5, 5.41) is 0. The predicted octanol–water partition coefficient (Wildman–Crippen LogP) is 1.08. The van der Waals surface area contributed by atoms with E-state index in [1.54, 1.807) is 24.5 Å². The summed E-state index contributed by atoms with van der Waals surface area (Å²) in [5.41, 5.74) is 6.56. The fourth-order valence-corrected chi connectivity index (χ4v) is 1.21. The van der Waals surface area contributed by atoms with E-state index < -0.39 is 0 Å². The number of nitrogens with zero attached hydrogens (tertiary/aromatic N) is 4. The molecule has 0 spiro atoms. The Morgan fingerprint density at radius 1 is 1.13 bits per heavy atom. The Labute approximate surface area is 87.4 Å². The third kappa shape index (κ3) is 2.07. The van der Waals surface area contributed by atoms with Gasteiger partial charge < -0.3 is 5.73 Å². The summed E-state index contributed by atoms with van der Waals surface area (Å²) < 4.78 is 0. The van der Waals surface area contributed by atoms with Crippen molar-refractivity contribution in [1.29, 1.82) is 0 Å². The zero-order chi connectivity index (χ0) is 10.7.